The Bertz CT molecular complexity index is 807. The van der Waals surface area contributed by atoms with Crippen LogP contribution in [0.25, 0.3) is 0 Å². The summed E-state index contributed by atoms with van der Waals surface area (Å²) in [5, 5.41) is -0.223. The Hall–Kier alpha value is -1.79. The van der Waals surface area contributed by atoms with Crippen molar-refractivity contribution in [3.05, 3.63) is 52.3 Å². The van der Waals surface area contributed by atoms with E-state index in [2.05, 4.69) is 4.72 Å². The quantitative estimate of drug-likeness (QED) is 0.847. The molecule has 0 radical (unpaired) electrons. The minimum Gasteiger partial charge on any atom is -0.396 e. The van der Waals surface area contributed by atoms with E-state index in [1.54, 1.807) is 19.1 Å². The maximum atomic E-state index is 13.3. The highest BCUT2D eigenvalue weighted by Gasteiger charge is 2.21. The number of sulfonamides is 1. The molecule has 0 saturated heterocycles. The summed E-state index contributed by atoms with van der Waals surface area (Å²) in [6.07, 6.45) is 0. The Kier molecular flexibility index (Phi) is 4.11. The van der Waals surface area contributed by atoms with Crippen LogP contribution in [0, 0.1) is 19.7 Å². The minimum atomic E-state index is -3.95. The van der Waals surface area contributed by atoms with E-state index in [9.17, 15) is 12.8 Å². The molecule has 0 amide bonds. The molecule has 21 heavy (non-hydrogen) atoms. The number of nitrogen functional groups attached to an aromatic ring is 1. The monoisotopic (exact) mass is 328 g/mol. The molecule has 3 N–H and O–H groups in total. The fourth-order valence-electron chi connectivity index (χ4n) is 1.88. The van der Waals surface area contributed by atoms with Crippen molar-refractivity contribution >= 4 is 33.0 Å². The molecule has 0 aliphatic rings. The third kappa shape index (κ3) is 3.28. The summed E-state index contributed by atoms with van der Waals surface area (Å²) in [4.78, 5) is -0.261. The lowest BCUT2D eigenvalue weighted by molar-refractivity contribution is 0.600. The van der Waals surface area contributed by atoms with Crippen LogP contribution in [0.5, 0.6) is 0 Å². The topological polar surface area (TPSA) is 72.2 Å². The average molecular weight is 329 g/mol. The highest BCUT2D eigenvalue weighted by atomic mass is 35.5. The first-order valence-electron chi connectivity index (χ1n) is 6.05. The van der Waals surface area contributed by atoms with Crippen LogP contribution in [0.3, 0.4) is 0 Å². The second kappa shape index (κ2) is 5.54. The molecule has 0 spiro atoms. The Morgan fingerprint density at radius 2 is 1.86 bits per heavy atom. The van der Waals surface area contributed by atoms with Crippen LogP contribution < -0.4 is 10.5 Å². The molecule has 112 valence electrons. The molecule has 2 aromatic rings. The van der Waals surface area contributed by atoms with E-state index in [4.69, 9.17) is 17.3 Å². The third-order valence-corrected chi connectivity index (χ3v) is 4.80. The SMILES string of the molecule is Cc1ccc(NS(=O)(=O)c2cc(N)c(F)cc2Cl)c(C)c1. The lowest BCUT2D eigenvalue weighted by Gasteiger charge is -2.13. The van der Waals surface area contributed by atoms with Gasteiger partial charge in [0.15, 0.2) is 0 Å². The van der Waals surface area contributed by atoms with Gasteiger partial charge in [0.05, 0.1) is 16.4 Å². The van der Waals surface area contributed by atoms with E-state index in [1.165, 1.54) is 0 Å². The third-order valence-electron chi connectivity index (χ3n) is 2.97. The minimum absolute atomic E-state index is 0.223. The van der Waals surface area contributed by atoms with Crippen molar-refractivity contribution < 1.29 is 12.8 Å². The van der Waals surface area contributed by atoms with E-state index < -0.39 is 15.8 Å². The molecule has 0 heterocycles. The van der Waals surface area contributed by atoms with Crippen molar-refractivity contribution in [3.8, 4) is 0 Å². The van der Waals surface area contributed by atoms with E-state index in [1.807, 2.05) is 13.0 Å². The lowest BCUT2D eigenvalue weighted by atomic mass is 10.1. The van der Waals surface area contributed by atoms with E-state index in [0.717, 1.165) is 23.3 Å². The summed E-state index contributed by atoms with van der Waals surface area (Å²) in [5.41, 5.74) is 7.34. The zero-order chi connectivity index (χ0) is 15.8. The summed E-state index contributed by atoms with van der Waals surface area (Å²) in [6, 6.07) is 7.17. The predicted octanol–water partition coefficient (Wildman–Crippen LogP) is 3.48. The van der Waals surface area contributed by atoms with Gasteiger partial charge in [0, 0.05) is 0 Å². The Balaban J connectivity index is 2.46. The molecule has 0 fully saturated rings. The maximum Gasteiger partial charge on any atom is 0.263 e. The number of aryl methyl sites for hydroxylation is 2. The van der Waals surface area contributed by atoms with Crippen LogP contribution in [0.4, 0.5) is 15.8 Å². The normalized spacial score (nSPS) is 11.4. The Morgan fingerprint density at radius 3 is 2.48 bits per heavy atom. The molecular formula is C14H14ClFN2O2S. The highest BCUT2D eigenvalue weighted by Crippen LogP contribution is 2.28. The van der Waals surface area contributed by atoms with Gasteiger partial charge in [-0.25, -0.2) is 12.8 Å². The van der Waals surface area contributed by atoms with Gasteiger partial charge >= 0.3 is 0 Å². The molecule has 0 aliphatic heterocycles. The van der Waals surface area contributed by atoms with Crippen molar-refractivity contribution in [2.75, 3.05) is 10.5 Å². The van der Waals surface area contributed by atoms with Gasteiger partial charge in [-0.3, -0.25) is 4.72 Å². The molecule has 0 bridgehead atoms. The van der Waals surface area contributed by atoms with Crippen molar-refractivity contribution in [2.45, 2.75) is 18.7 Å². The highest BCUT2D eigenvalue weighted by molar-refractivity contribution is 7.92. The second-order valence-corrected chi connectivity index (χ2v) is 6.79. The van der Waals surface area contributed by atoms with Gasteiger partial charge in [-0.1, -0.05) is 29.3 Å². The number of nitrogens with two attached hydrogens (primary N) is 1. The fraction of sp³-hybridized carbons (Fsp3) is 0.143. The summed E-state index contributed by atoms with van der Waals surface area (Å²) in [7, 11) is -3.95. The Labute approximate surface area is 127 Å². The average Bonchev–Trinajstić information content (AvgIpc) is 2.37. The predicted molar refractivity (Wildman–Crippen MR) is 82.5 cm³/mol. The van der Waals surface area contributed by atoms with Gasteiger partial charge in [0.2, 0.25) is 0 Å². The zero-order valence-electron chi connectivity index (χ0n) is 11.4. The molecule has 0 saturated carbocycles. The van der Waals surface area contributed by atoms with Gasteiger partial charge in [-0.2, -0.15) is 0 Å². The van der Waals surface area contributed by atoms with Crippen molar-refractivity contribution in [3.63, 3.8) is 0 Å². The number of anilines is 2. The molecule has 0 aliphatic carbocycles. The lowest BCUT2D eigenvalue weighted by Crippen LogP contribution is -2.15. The molecule has 0 unspecified atom stereocenters. The van der Waals surface area contributed by atoms with E-state index in [0.29, 0.717) is 5.69 Å². The number of halogens is 2. The zero-order valence-corrected chi connectivity index (χ0v) is 13.0. The first-order chi connectivity index (χ1) is 9.70. The van der Waals surface area contributed by atoms with Crippen LogP contribution >= 0.6 is 11.6 Å². The van der Waals surface area contributed by atoms with E-state index >= 15 is 0 Å². The number of hydrogen-bond acceptors (Lipinski definition) is 3. The number of benzene rings is 2. The van der Waals surface area contributed by atoms with Gasteiger partial charge in [0.1, 0.15) is 10.7 Å². The molecule has 7 heteroatoms. The maximum absolute atomic E-state index is 13.3. The van der Waals surface area contributed by atoms with Crippen LogP contribution in [-0.4, -0.2) is 8.42 Å². The van der Waals surface area contributed by atoms with E-state index in [-0.39, 0.29) is 15.6 Å². The molecule has 0 aromatic heterocycles. The molecular weight excluding hydrogens is 315 g/mol. The summed E-state index contributed by atoms with van der Waals surface area (Å²) in [6.45, 7) is 3.69. The van der Waals surface area contributed by atoms with Gasteiger partial charge < -0.3 is 5.73 Å². The smallest absolute Gasteiger partial charge is 0.263 e. The summed E-state index contributed by atoms with van der Waals surface area (Å²) >= 11 is 5.80. The van der Waals surface area contributed by atoms with Crippen molar-refractivity contribution in [2.24, 2.45) is 0 Å². The second-order valence-electron chi connectivity index (χ2n) is 4.73. The van der Waals surface area contributed by atoms with Gasteiger partial charge in [0.25, 0.3) is 10.0 Å². The van der Waals surface area contributed by atoms with Crippen LogP contribution in [0.15, 0.2) is 35.2 Å². The molecule has 4 nitrogen and oxygen atoms in total. The Morgan fingerprint density at radius 1 is 1.19 bits per heavy atom. The van der Waals surface area contributed by atoms with Crippen LogP contribution in [0.2, 0.25) is 5.02 Å². The first-order valence-corrected chi connectivity index (χ1v) is 7.91. The largest absolute Gasteiger partial charge is 0.396 e. The number of nitrogens with one attached hydrogen (secondary N) is 1. The van der Waals surface area contributed by atoms with Gasteiger partial charge in [-0.15, -0.1) is 0 Å². The fourth-order valence-corrected chi connectivity index (χ4v) is 3.56. The van der Waals surface area contributed by atoms with Crippen molar-refractivity contribution in [1.82, 2.24) is 0 Å². The van der Waals surface area contributed by atoms with Crippen molar-refractivity contribution in [1.29, 1.82) is 0 Å². The summed E-state index contributed by atoms with van der Waals surface area (Å²) < 4.78 is 40.4. The number of rotatable bonds is 3. The summed E-state index contributed by atoms with van der Waals surface area (Å²) in [5.74, 6) is -0.759. The van der Waals surface area contributed by atoms with Crippen LogP contribution in [0.1, 0.15) is 11.1 Å². The molecule has 2 rings (SSSR count). The standard InChI is InChI=1S/C14H14ClFN2O2S/c1-8-3-4-13(9(2)5-8)18-21(19,20)14-7-12(17)11(16)6-10(14)15/h3-7,18H,17H2,1-2H3. The first kappa shape index (κ1) is 15.6. The molecule has 2 aromatic carbocycles. The van der Waals surface area contributed by atoms with Crippen LogP contribution in [-0.2, 0) is 10.0 Å². The molecule has 0 atom stereocenters. The van der Waals surface area contributed by atoms with Gasteiger partial charge in [-0.05, 0) is 37.6 Å². The number of hydrogen-bond donors (Lipinski definition) is 2.